The maximum Gasteiger partial charge on any atom is 0.162 e. The minimum atomic E-state index is 0.408. The van der Waals surface area contributed by atoms with Gasteiger partial charge in [-0.15, -0.1) is 0 Å². The first-order valence-corrected chi connectivity index (χ1v) is 4.77. The molecule has 3 heteroatoms. The van der Waals surface area contributed by atoms with Crippen molar-refractivity contribution in [1.29, 1.82) is 5.26 Å². The van der Waals surface area contributed by atoms with Gasteiger partial charge in [0.1, 0.15) is 6.07 Å². The summed E-state index contributed by atoms with van der Waals surface area (Å²) in [5, 5.41) is 8.85. The van der Waals surface area contributed by atoms with E-state index in [4.69, 9.17) is 5.26 Å². The summed E-state index contributed by atoms with van der Waals surface area (Å²) in [7, 11) is 0. The molecule has 0 fully saturated rings. The van der Waals surface area contributed by atoms with Crippen LogP contribution >= 0.6 is 0 Å². The molecular weight excluding hydrogens is 186 g/mol. The van der Waals surface area contributed by atoms with Gasteiger partial charge in [-0.1, -0.05) is 0 Å². The Hall–Kier alpha value is -1.95. The smallest absolute Gasteiger partial charge is 0.162 e. The summed E-state index contributed by atoms with van der Waals surface area (Å²) in [5.41, 5.74) is 5.11. The van der Waals surface area contributed by atoms with Crippen LogP contribution in [0.2, 0.25) is 0 Å². The van der Waals surface area contributed by atoms with E-state index in [1.807, 2.05) is 32.0 Å². The number of rotatable bonds is 0. The first-order valence-electron chi connectivity index (χ1n) is 4.77. The number of fused-ring (bicyclic) bond motifs is 1. The molecule has 0 saturated heterocycles. The van der Waals surface area contributed by atoms with Gasteiger partial charge in [-0.05, 0) is 44.0 Å². The summed E-state index contributed by atoms with van der Waals surface area (Å²) < 4.78 is 0. The molecule has 0 aliphatic rings. The predicted molar refractivity (Wildman–Crippen MR) is 58.5 cm³/mol. The van der Waals surface area contributed by atoms with Crippen molar-refractivity contribution < 1.29 is 0 Å². The molecule has 1 heterocycles. The van der Waals surface area contributed by atoms with Crippen molar-refractivity contribution in [1.82, 2.24) is 9.97 Å². The van der Waals surface area contributed by atoms with Gasteiger partial charge in [0.15, 0.2) is 5.69 Å². The van der Waals surface area contributed by atoms with Crippen molar-refractivity contribution in [3.05, 3.63) is 34.6 Å². The molecule has 0 unspecified atom stereocenters. The van der Waals surface area contributed by atoms with Gasteiger partial charge in [-0.25, -0.2) is 9.97 Å². The van der Waals surface area contributed by atoms with Gasteiger partial charge in [0, 0.05) is 0 Å². The van der Waals surface area contributed by atoms with Crippen LogP contribution < -0.4 is 0 Å². The quantitative estimate of drug-likeness (QED) is 0.651. The van der Waals surface area contributed by atoms with Gasteiger partial charge in [0.25, 0.3) is 0 Å². The van der Waals surface area contributed by atoms with Gasteiger partial charge < -0.3 is 0 Å². The number of aromatic nitrogens is 2. The Morgan fingerprint density at radius 3 is 2.07 bits per heavy atom. The highest BCUT2D eigenvalue weighted by Crippen LogP contribution is 2.17. The van der Waals surface area contributed by atoms with Gasteiger partial charge >= 0.3 is 0 Å². The van der Waals surface area contributed by atoms with Crippen molar-refractivity contribution in [2.24, 2.45) is 0 Å². The van der Waals surface area contributed by atoms with Gasteiger partial charge in [0.05, 0.1) is 16.7 Å². The van der Waals surface area contributed by atoms with E-state index in [1.54, 1.807) is 6.92 Å². The molecule has 0 aliphatic heterocycles. The standard InChI is InChI=1S/C12H11N3/c1-7-4-10-11(5-8(7)2)15-12(6-13)9(3)14-10/h4-5H,1-3H3. The summed E-state index contributed by atoms with van der Waals surface area (Å²) in [5.74, 6) is 0. The van der Waals surface area contributed by atoms with Crippen LogP contribution in [-0.2, 0) is 0 Å². The zero-order valence-corrected chi connectivity index (χ0v) is 9.00. The van der Waals surface area contributed by atoms with E-state index >= 15 is 0 Å². The van der Waals surface area contributed by atoms with Crippen LogP contribution in [0.1, 0.15) is 22.5 Å². The molecule has 0 aliphatic carbocycles. The Morgan fingerprint density at radius 1 is 1.00 bits per heavy atom. The maximum atomic E-state index is 8.85. The Morgan fingerprint density at radius 2 is 1.53 bits per heavy atom. The topological polar surface area (TPSA) is 49.6 Å². The van der Waals surface area contributed by atoms with Gasteiger partial charge in [-0.2, -0.15) is 5.26 Å². The molecule has 15 heavy (non-hydrogen) atoms. The lowest BCUT2D eigenvalue weighted by Crippen LogP contribution is -1.95. The molecule has 3 nitrogen and oxygen atoms in total. The number of nitrogens with zero attached hydrogens (tertiary/aromatic N) is 3. The van der Waals surface area contributed by atoms with E-state index in [2.05, 4.69) is 9.97 Å². The Balaban J connectivity index is 2.84. The summed E-state index contributed by atoms with van der Waals surface area (Å²) in [6.07, 6.45) is 0. The van der Waals surface area contributed by atoms with Crippen LogP contribution in [0.3, 0.4) is 0 Å². The second-order valence-corrected chi connectivity index (χ2v) is 3.69. The highest BCUT2D eigenvalue weighted by molar-refractivity contribution is 5.77. The van der Waals surface area contributed by atoms with Gasteiger partial charge in [-0.3, -0.25) is 0 Å². The number of aryl methyl sites for hydroxylation is 3. The fourth-order valence-electron chi connectivity index (χ4n) is 1.51. The number of nitriles is 1. The first-order chi connectivity index (χ1) is 7.11. The summed E-state index contributed by atoms with van der Waals surface area (Å²) in [6, 6.07) is 6.02. The average molecular weight is 197 g/mol. The lowest BCUT2D eigenvalue weighted by Gasteiger charge is -2.04. The van der Waals surface area contributed by atoms with Crippen LogP contribution in [0.15, 0.2) is 12.1 Å². The normalized spacial score (nSPS) is 10.3. The number of hydrogen-bond donors (Lipinski definition) is 0. The van der Waals surface area contributed by atoms with E-state index in [0.29, 0.717) is 11.4 Å². The van der Waals surface area contributed by atoms with Gasteiger partial charge in [0.2, 0.25) is 0 Å². The highest BCUT2D eigenvalue weighted by Gasteiger charge is 2.05. The second-order valence-electron chi connectivity index (χ2n) is 3.69. The third kappa shape index (κ3) is 1.55. The number of benzene rings is 1. The molecular formula is C12H11N3. The minimum Gasteiger partial charge on any atom is -0.248 e. The first kappa shape index (κ1) is 9.60. The van der Waals surface area contributed by atoms with Crippen molar-refractivity contribution in [2.45, 2.75) is 20.8 Å². The van der Waals surface area contributed by atoms with Crippen LogP contribution in [0.25, 0.3) is 11.0 Å². The molecule has 0 radical (unpaired) electrons. The highest BCUT2D eigenvalue weighted by atomic mass is 14.8. The third-order valence-corrected chi connectivity index (χ3v) is 2.56. The molecule has 74 valence electrons. The summed E-state index contributed by atoms with van der Waals surface area (Å²) in [4.78, 5) is 8.63. The van der Waals surface area contributed by atoms with E-state index in [-0.39, 0.29) is 0 Å². The van der Waals surface area contributed by atoms with E-state index < -0.39 is 0 Å². The average Bonchev–Trinajstić information content (AvgIpc) is 2.20. The maximum absolute atomic E-state index is 8.85. The van der Waals surface area contributed by atoms with Crippen molar-refractivity contribution >= 4 is 11.0 Å². The van der Waals surface area contributed by atoms with Crippen molar-refractivity contribution in [3.63, 3.8) is 0 Å². The van der Waals surface area contributed by atoms with E-state index in [1.165, 1.54) is 11.1 Å². The largest absolute Gasteiger partial charge is 0.248 e. The fraction of sp³-hybridized carbons (Fsp3) is 0.250. The molecule has 2 aromatic rings. The van der Waals surface area contributed by atoms with Crippen LogP contribution in [-0.4, -0.2) is 9.97 Å². The Labute approximate surface area is 88.4 Å². The van der Waals surface area contributed by atoms with E-state index in [0.717, 1.165) is 11.0 Å². The predicted octanol–water partition coefficient (Wildman–Crippen LogP) is 2.43. The van der Waals surface area contributed by atoms with Crippen LogP contribution in [0.5, 0.6) is 0 Å². The minimum absolute atomic E-state index is 0.408. The molecule has 1 aromatic carbocycles. The fourth-order valence-corrected chi connectivity index (χ4v) is 1.51. The lowest BCUT2D eigenvalue weighted by molar-refractivity contribution is 1.14. The molecule has 0 spiro atoms. The molecule has 0 saturated carbocycles. The van der Waals surface area contributed by atoms with Crippen molar-refractivity contribution in [3.8, 4) is 6.07 Å². The second kappa shape index (κ2) is 3.32. The number of hydrogen-bond acceptors (Lipinski definition) is 3. The molecule has 2 rings (SSSR count). The Kier molecular flexibility index (Phi) is 2.12. The van der Waals surface area contributed by atoms with Crippen LogP contribution in [0, 0.1) is 32.1 Å². The van der Waals surface area contributed by atoms with Crippen LogP contribution in [0.4, 0.5) is 0 Å². The summed E-state index contributed by atoms with van der Waals surface area (Å²) >= 11 is 0. The summed E-state index contributed by atoms with van der Waals surface area (Å²) in [6.45, 7) is 5.88. The monoisotopic (exact) mass is 197 g/mol. The zero-order valence-electron chi connectivity index (χ0n) is 9.00. The molecule has 1 aromatic heterocycles. The molecule has 0 atom stereocenters. The zero-order chi connectivity index (χ0) is 11.0. The lowest BCUT2D eigenvalue weighted by atomic mass is 10.1. The van der Waals surface area contributed by atoms with Crippen molar-refractivity contribution in [2.75, 3.05) is 0 Å². The Bertz CT molecular complexity index is 579. The molecule has 0 amide bonds. The molecule has 0 N–H and O–H groups in total. The SMILES string of the molecule is Cc1cc2nc(C)c(C#N)nc2cc1C. The molecule has 0 bridgehead atoms. The van der Waals surface area contributed by atoms with E-state index in [9.17, 15) is 0 Å². The third-order valence-electron chi connectivity index (χ3n) is 2.56.